The van der Waals surface area contributed by atoms with Crippen LogP contribution in [0.2, 0.25) is 10.0 Å². The molecule has 0 bridgehead atoms. The molecule has 7 heteroatoms. The van der Waals surface area contributed by atoms with Crippen molar-refractivity contribution in [2.24, 2.45) is 5.41 Å². The SMILES string of the molecule is O=C(Cc1csc(-c2ccc(Cl)cc2Cl)n1)CC1(C(=O)O)Cc2ccccc2C1. The van der Waals surface area contributed by atoms with Crippen molar-refractivity contribution >= 4 is 46.3 Å². The number of ketones is 1. The highest BCUT2D eigenvalue weighted by Crippen LogP contribution is 2.40. The number of nitrogens with zero attached hydrogens (tertiary/aromatic N) is 1. The summed E-state index contributed by atoms with van der Waals surface area (Å²) < 4.78 is 0. The maximum absolute atomic E-state index is 12.7. The van der Waals surface area contributed by atoms with Crippen LogP contribution in [0.15, 0.2) is 47.8 Å². The Hall–Kier alpha value is -2.21. The van der Waals surface area contributed by atoms with Crippen LogP contribution in [0.4, 0.5) is 0 Å². The summed E-state index contributed by atoms with van der Waals surface area (Å²) in [4.78, 5) is 29.3. The van der Waals surface area contributed by atoms with E-state index in [2.05, 4.69) is 4.98 Å². The third-order valence-electron chi connectivity index (χ3n) is 5.26. The van der Waals surface area contributed by atoms with Crippen molar-refractivity contribution in [3.8, 4) is 10.6 Å². The van der Waals surface area contributed by atoms with E-state index in [-0.39, 0.29) is 18.6 Å². The van der Waals surface area contributed by atoms with Crippen LogP contribution in [0.3, 0.4) is 0 Å². The molecule has 0 aliphatic heterocycles. The van der Waals surface area contributed by atoms with E-state index in [1.807, 2.05) is 29.6 Å². The van der Waals surface area contributed by atoms with E-state index in [0.717, 1.165) is 16.7 Å². The number of hydrogen-bond acceptors (Lipinski definition) is 4. The quantitative estimate of drug-likeness (QED) is 0.544. The smallest absolute Gasteiger partial charge is 0.310 e. The van der Waals surface area contributed by atoms with Gasteiger partial charge in [0, 0.05) is 28.8 Å². The van der Waals surface area contributed by atoms with Crippen LogP contribution in [0.25, 0.3) is 10.6 Å². The lowest BCUT2D eigenvalue weighted by atomic mass is 9.79. The summed E-state index contributed by atoms with van der Waals surface area (Å²) in [5, 5.41) is 13.4. The number of hydrogen-bond donors (Lipinski definition) is 1. The minimum Gasteiger partial charge on any atom is -0.481 e. The average Bonchev–Trinajstić information content (AvgIpc) is 3.26. The Bertz CT molecular complexity index is 1080. The van der Waals surface area contributed by atoms with E-state index >= 15 is 0 Å². The number of carbonyl (C=O) groups is 2. The van der Waals surface area contributed by atoms with Crippen molar-refractivity contribution < 1.29 is 14.7 Å². The molecule has 0 spiro atoms. The second kappa shape index (κ2) is 7.90. The largest absolute Gasteiger partial charge is 0.481 e. The maximum atomic E-state index is 12.7. The summed E-state index contributed by atoms with van der Waals surface area (Å²) in [6, 6.07) is 12.9. The normalized spacial score (nSPS) is 14.6. The number of rotatable bonds is 6. The van der Waals surface area contributed by atoms with Gasteiger partial charge in [0.2, 0.25) is 0 Å². The molecule has 0 fully saturated rings. The van der Waals surface area contributed by atoms with Crippen LogP contribution in [0, 0.1) is 5.41 Å². The standard InChI is InChI=1S/C22H17Cl2NO3S/c23-15-5-6-18(19(24)7-15)20-25-16(12-29-20)8-17(26)11-22(21(27)28)9-13-3-1-2-4-14(13)10-22/h1-7,12H,8-11H2,(H,27,28). The molecule has 0 amide bonds. The summed E-state index contributed by atoms with van der Waals surface area (Å²) in [6.07, 6.45) is 0.860. The van der Waals surface area contributed by atoms with Crippen molar-refractivity contribution in [3.05, 3.63) is 74.7 Å². The molecule has 4 nitrogen and oxygen atoms in total. The van der Waals surface area contributed by atoms with E-state index in [1.165, 1.54) is 11.3 Å². The lowest BCUT2D eigenvalue weighted by Crippen LogP contribution is -2.34. The average molecular weight is 446 g/mol. The van der Waals surface area contributed by atoms with Crippen LogP contribution in [0.1, 0.15) is 23.2 Å². The van der Waals surface area contributed by atoms with Crippen LogP contribution in [0.5, 0.6) is 0 Å². The molecular formula is C22H17Cl2NO3S. The molecule has 148 valence electrons. The minimum absolute atomic E-state index is 0.00836. The summed E-state index contributed by atoms with van der Waals surface area (Å²) in [6.45, 7) is 0. The Kier molecular flexibility index (Phi) is 5.47. The van der Waals surface area contributed by atoms with Gasteiger partial charge < -0.3 is 5.11 Å². The molecule has 0 unspecified atom stereocenters. The van der Waals surface area contributed by atoms with Crippen molar-refractivity contribution in [3.63, 3.8) is 0 Å². The number of benzene rings is 2. The predicted molar refractivity (Wildman–Crippen MR) is 115 cm³/mol. The van der Waals surface area contributed by atoms with Gasteiger partial charge in [0.1, 0.15) is 10.8 Å². The van der Waals surface area contributed by atoms with Crippen molar-refractivity contribution in [2.45, 2.75) is 25.7 Å². The van der Waals surface area contributed by atoms with Crippen molar-refractivity contribution in [1.82, 2.24) is 4.98 Å². The van der Waals surface area contributed by atoms with Gasteiger partial charge in [-0.25, -0.2) is 4.98 Å². The van der Waals surface area contributed by atoms with Gasteiger partial charge in [-0.2, -0.15) is 0 Å². The predicted octanol–water partition coefficient (Wildman–Crippen LogP) is 5.49. The van der Waals surface area contributed by atoms with Gasteiger partial charge in [0.15, 0.2) is 0 Å². The highest BCUT2D eigenvalue weighted by atomic mass is 35.5. The van der Waals surface area contributed by atoms with E-state index < -0.39 is 11.4 Å². The molecule has 4 rings (SSSR count). The number of aliphatic carboxylic acids is 1. The number of carboxylic acids is 1. The molecule has 0 saturated heterocycles. The topological polar surface area (TPSA) is 67.3 Å². The van der Waals surface area contributed by atoms with Crippen molar-refractivity contribution in [2.75, 3.05) is 0 Å². The Morgan fingerprint density at radius 2 is 1.79 bits per heavy atom. The molecule has 1 aromatic heterocycles. The summed E-state index contributed by atoms with van der Waals surface area (Å²) >= 11 is 13.6. The monoisotopic (exact) mass is 445 g/mol. The first-order valence-electron chi connectivity index (χ1n) is 9.08. The molecule has 1 aliphatic rings. The summed E-state index contributed by atoms with van der Waals surface area (Å²) in [7, 11) is 0. The molecule has 1 aliphatic carbocycles. The molecule has 1 heterocycles. The zero-order chi connectivity index (χ0) is 20.6. The Balaban J connectivity index is 1.49. The van der Waals surface area contributed by atoms with Gasteiger partial charge in [-0.3, -0.25) is 9.59 Å². The minimum atomic E-state index is -1.07. The van der Waals surface area contributed by atoms with Crippen LogP contribution < -0.4 is 0 Å². The first-order chi connectivity index (χ1) is 13.9. The maximum Gasteiger partial charge on any atom is 0.310 e. The lowest BCUT2D eigenvalue weighted by Gasteiger charge is -2.22. The third kappa shape index (κ3) is 4.08. The molecule has 2 aromatic carbocycles. The highest BCUT2D eigenvalue weighted by molar-refractivity contribution is 7.13. The van der Waals surface area contributed by atoms with Crippen LogP contribution in [-0.2, 0) is 28.9 Å². The fourth-order valence-corrected chi connectivity index (χ4v) is 5.28. The van der Waals surface area contributed by atoms with E-state index in [1.54, 1.807) is 18.2 Å². The number of fused-ring (bicyclic) bond motifs is 1. The number of carboxylic acid groups (broad SMARTS) is 1. The zero-order valence-electron chi connectivity index (χ0n) is 15.3. The number of thiazole rings is 1. The van der Waals surface area contributed by atoms with E-state index in [4.69, 9.17) is 23.2 Å². The second-order valence-corrected chi connectivity index (χ2v) is 9.07. The molecule has 29 heavy (non-hydrogen) atoms. The lowest BCUT2D eigenvalue weighted by molar-refractivity contribution is -0.151. The van der Waals surface area contributed by atoms with Crippen LogP contribution >= 0.6 is 34.5 Å². The fourth-order valence-electron chi connectivity index (χ4n) is 3.86. The number of halogens is 2. The van der Waals surface area contributed by atoms with Gasteiger partial charge in [0.05, 0.1) is 16.1 Å². The Labute approximate surface area is 182 Å². The number of Topliss-reactive ketones (excluding diaryl/α,β-unsaturated/α-hetero) is 1. The Morgan fingerprint density at radius 3 is 2.41 bits per heavy atom. The molecule has 0 atom stereocenters. The van der Waals surface area contributed by atoms with Gasteiger partial charge >= 0.3 is 5.97 Å². The van der Waals surface area contributed by atoms with E-state index in [9.17, 15) is 14.7 Å². The summed E-state index contributed by atoms with van der Waals surface area (Å²) in [5.74, 6) is -1.05. The molecule has 1 N–H and O–H groups in total. The van der Waals surface area contributed by atoms with Gasteiger partial charge in [0.25, 0.3) is 0 Å². The summed E-state index contributed by atoms with van der Waals surface area (Å²) in [5.41, 5.74) is 2.33. The Morgan fingerprint density at radius 1 is 1.10 bits per heavy atom. The zero-order valence-corrected chi connectivity index (χ0v) is 17.7. The number of aromatic nitrogens is 1. The van der Waals surface area contributed by atoms with Crippen molar-refractivity contribution in [1.29, 1.82) is 0 Å². The van der Waals surface area contributed by atoms with Gasteiger partial charge in [-0.1, -0.05) is 47.5 Å². The fraction of sp³-hybridized carbons (Fsp3) is 0.227. The molecule has 0 radical (unpaired) electrons. The van der Waals surface area contributed by atoms with Gasteiger partial charge in [-0.05, 0) is 42.2 Å². The van der Waals surface area contributed by atoms with E-state index in [0.29, 0.717) is 33.6 Å². The molecule has 0 saturated carbocycles. The first-order valence-corrected chi connectivity index (χ1v) is 10.7. The first kappa shape index (κ1) is 20.1. The highest BCUT2D eigenvalue weighted by Gasteiger charge is 2.45. The molecular weight excluding hydrogens is 429 g/mol. The third-order valence-corrected chi connectivity index (χ3v) is 6.73. The number of carbonyl (C=O) groups excluding carboxylic acids is 1. The second-order valence-electron chi connectivity index (χ2n) is 7.37. The van der Waals surface area contributed by atoms with Gasteiger partial charge in [-0.15, -0.1) is 11.3 Å². The van der Waals surface area contributed by atoms with Crippen LogP contribution in [-0.4, -0.2) is 21.8 Å². The molecule has 3 aromatic rings.